The smallest absolute Gasteiger partial charge is 0.128 e. The summed E-state index contributed by atoms with van der Waals surface area (Å²) in [6, 6.07) is 1.99. The van der Waals surface area contributed by atoms with Gasteiger partial charge in [0, 0.05) is 32.4 Å². The number of hydrogen-bond donors (Lipinski definition) is 1. The molecule has 5 heteroatoms. The third kappa shape index (κ3) is 3.13. The Kier molecular flexibility index (Phi) is 4.80. The Morgan fingerprint density at radius 2 is 2.22 bits per heavy atom. The average molecular weight is 270 g/mol. The summed E-state index contributed by atoms with van der Waals surface area (Å²) >= 11 is 6.02. The van der Waals surface area contributed by atoms with Crippen LogP contribution in [0.4, 0.5) is 5.82 Å². The van der Waals surface area contributed by atoms with Crippen LogP contribution in [0.15, 0.2) is 12.3 Å². The number of halogens is 1. The topological polar surface area (TPSA) is 51.4 Å². The Morgan fingerprint density at radius 3 is 2.83 bits per heavy atom. The first-order valence-electron chi connectivity index (χ1n) is 6.45. The number of hydrogen-bond acceptors (Lipinski definition) is 4. The van der Waals surface area contributed by atoms with Gasteiger partial charge in [-0.15, -0.1) is 0 Å². The van der Waals surface area contributed by atoms with Crippen molar-refractivity contribution in [2.24, 2.45) is 5.73 Å². The Morgan fingerprint density at radius 1 is 1.50 bits per heavy atom. The maximum absolute atomic E-state index is 6.02. The lowest BCUT2D eigenvalue weighted by atomic mass is 10.1. The summed E-state index contributed by atoms with van der Waals surface area (Å²) in [5.41, 5.74) is 6.61. The summed E-state index contributed by atoms with van der Waals surface area (Å²) in [6.07, 6.45) is 4.19. The van der Waals surface area contributed by atoms with Crippen molar-refractivity contribution in [3.63, 3.8) is 0 Å². The van der Waals surface area contributed by atoms with Gasteiger partial charge >= 0.3 is 0 Å². The monoisotopic (exact) mass is 269 g/mol. The second-order valence-electron chi connectivity index (χ2n) is 4.48. The van der Waals surface area contributed by atoms with Crippen LogP contribution in [-0.4, -0.2) is 30.8 Å². The molecule has 18 heavy (non-hydrogen) atoms. The molecule has 1 aliphatic rings. The first kappa shape index (κ1) is 13.6. The Bertz CT molecular complexity index is 392. The van der Waals surface area contributed by atoms with E-state index in [0.717, 1.165) is 43.9 Å². The van der Waals surface area contributed by atoms with E-state index in [4.69, 9.17) is 22.1 Å². The maximum atomic E-state index is 6.02. The van der Waals surface area contributed by atoms with E-state index >= 15 is 0 Å². The standard InChI is InChI=1S/C13H20ClN3O/c1-2-18-11-3-5-17(6-4-11)13-7-10(8-15)12(14)9-16-13/h7,9,11H,2-6,8,15H2,1H3. The van der Waals surface area contributed by atoms with Gasteiger partial charge in [0.2, 0.25) is 0 Å². The summed E-state index contributed by atoms with van der Waals surface area (Å²) in [6.45, 7) is 5.23. The number of aromatic nitrogens is 1. The molecule has 0 aromatic carbocycles. The van der Waals surface area contributed by atoms with Crippen LogP contribution in [0, 0.1) is 0 Å². The summed E-state index contributed by atoms with van der Waals surface area (Å²) in [5, 5.41) is 0.644. The number of nitrogens with two attached hydrogens (primary N) is 1. The van der Waals surface area contributed by atoms with Gasteiger partial charge in [-0.1, -0.05) is 11.6 Å². The number of piperidine rings is 1. The van der Waals surface area contributed by atoms with Crippen LogP contribution in [0.25, 0.3) is 0 Å². The molecule has 2 N–H and O–H groups in total. The molecule has 2 heterocycles. The van der Waals surface area contributed by atoms with Gasteiger partial charge in [-0.05, 0) is 31.4 Å². The number of pyridine rings is 1. The van der Waals surface area contributed by atoms with E-state index in [2.05, 4.69) is 9.88 Å². The zero-order valence-corrected chi connectivity index (χ0v) is 11.5. The van der Waals surface area contributed by atoms with E-state index < -0.39 is 0 Å². The highest BCUT2D eigenvalue weighted by Gasteiger charge is 2.20. The molecule has 0 atom stereocenters. The number of ether oxygens (including phenoxy) is 1. The second-order valence-corrected chi connectivity index (χ2v) is 4.89. The largest absolute Gasteiger partial charge is 0.378 e. The molecule has 0 spiro atoms. The maximum Gasteiger partial charge on any atom is 0.128 e. The molecule has 1 aromatic heterocycles. The van der Waals surface area contributed by atoms with E-state index in [1.165, 1.54) is 0 Å². The normalized spacial score (nSPS) is 17.2. The quantitative estimate of drug-likeness (QED) is 0.910. The van der Waals surface area contributed by atoms with Gasteiger partial charge in [0.25, 0.3) is 0 Å². The lowest BCUT2D eigenvalue weighted by molar-refractivity contribution is 0.0458. The zero-order valence-electron chi connectivity index (χ0n) is 10.7. The predicted octanol–water partition coefficient (Wildman–Crippen LogP) is 2.20. The summed E-state index contributed by atoms with van der Waals surface area (Å²) < 4.78 is 5.64. The first-order chi connectivity index (χ1) is 8.74. The lowest BCUT2D eigenvalue weighted by Gasteiger charge is -2.32. The minimum absolute atomic E-state index is 0.396. The molecule has 1 fully saturated rings. The minimum atomic E-state index is 0.396. The molecule has 4 nitrogen and oxygen atoms in total. The van der Waals surface area contributed by atoms with E-state index in [-0.39, 0.29) is 0 Å². The van der Waals surface area contributed by atoms with Crippen LogP contribution in [0.1, 0.15) is 25.3 Å². The number of rotatable bonds is 4. The van der Waals surface area contributed by atoms with Gasteiger partial charge in [0.1, 0.15) is 5.82 Å². The third-order valence-electron chi connectivity index (χ3n) is 3.31. The van der Waals surface area contributed by atoms with Crippen molar-refractivity contribution >= 4 is 17.4 Å². The SMILES string of the molecule is CCOC1CCN(c2cc(CN)c(Cl)cn2)CC1. The van der Waals surface area contributed by atoms with Crippen LogP contribution in [0.3, 0.4) is 0 Å². The molecule has 2 rings (SSSR count). The highest BCUT2D eigenvalue weighted by Crippen LogP contribution is 2.23. The van der Waals surface area contributed by atoms with E-state index in [9.17, 15) is 0 Å². The van der Waals surface area contributed by atoms with Crippen LogP contribution in [-0.2, 0) is 11.3 Å². The van der Waals surface area contributed by atoms with Crippen molar-refractivity contribution in [2.45, 2.75) is 32.4 Å². The van der Waals surface area contributed by atoms with Gasteiger partial charge in [0.05, 0.1) is 11.1 Å². The third-order valence-corrected chi connectivity index (χ3v) is 3.65. The van der Waals surface area contributed by atoms with Crippen LogP contribution in [0.5, 0.6) is 0 Å². The molecule has 0 unspecified atom stereocenters. The van der Waals surface area contributed by atoms with Gasteiger partial charge in [-0.2, -0.15) is 0 Å². The fourth-order valence-electron chi connectivity index (χ4n) is 2.28. The molecule has 0 amide bonds. The summed E-state index contributed by atoms with van der Waals surface area (Å²) in [4.78, 5) is 6.65. The molecule has 0 saturated carbocycles. The number of anilines is 1. The van der Waals surface area contributed by atoms with Crippen LogP contribution < -0.4 is 10.6 Å². The van der Waals surface area contributed by atoms with Crippen molar-refractivity contribution in [1.29, 1.82) is 0 Å². The van der Waals surface area contributed by atoms with Gasteiger partial charge in [-0.25, -0.2) is 4.98 Å². The van der Waals surface area contributed by atoms with Gasteiger partial charge < -0.3 is 15.4 Å². The zero-order chi connectivity index (χ0) is 13.0. The fourth-order valence-corrected chi connectivity index (χ4v) is 2.46. The minimum Gasteiger partial charge on any atom is -0.378 e. The van der Waals surface area contributed by atoms with E-state index in [0.29, 0.717) is 17.7 Å². The average Bonchev–Trinajstić information content (AvgIpc) is 2.41. The van der Waals surface area contributed by atoms with Crippen molar-refractivity contribution in [3.05, 3.63) is 22.8 Å². The summed E-state index contributed by atoms with van der Waals surface area (Å²) in [5.74, 6) is 0.967. The van der Waals surface area contributed by atoms with Gasteiger partial charge in [-0.3, -0.25) is 0 Å². The predicted molar refractivity (Wildman–Crippen MR) is 74.0 cm³/mol. The molecule has 0 bridgehead atoms. The van der Waals surface area contributed by atoms with Crippen molar-refractivity contribution in [1.82, 2.24) is 4.98 Å². The Labute approximate surface area is 113 Å². The molecular formula is C13H20ClN3O. The van der Waals surface area contributed by atoms with Crippen molar-refractivity contribution in [2.75, 3.05) is 24.6 Å². The van der Waals surface area contributed by atoms with Gasteiger partial charge in [0.15, 0.2) is 0 Å². The Balaban J connectivity index is 2.01. The van der Waals surface area contributed by atoms with Crippen molar-refractivity contribution < 1.29 is 4.74 Å². The van der Waals surface area contributed by atoms with Crippen LogP contribution >= 0.6 is 11.6 Å². The number of nitrogens with zero attached hydrogens (tertiary/aromatic N) is 2. The molecular weight excluding hydrogens is 250 g/mol. The second kappa shape index (κ2) is 6.36. The highest BCUT2D eigenvalue weighted by atomic mass is 35.5. The Hall–Kier alpha value is -0.840. The van der Waals surface area contributed by atoms with E-state index in [1.807, 2.05) is 13.0 Å². The molecule has 1 aliphatic heterocycles. The lowest BCUT2D eigenvalue weighted by Crippen LogP contribution is -2.37. The fraction of sp³-hybridized carbons (Fsp3) is 0.615. The first-order valence-corrected chi connectivity index (χ1v) is 6.83. The highest BCUT2D eigenvalue weighted by molar-refractivity contribution is 6.31. The molecule has 100 valence electrons. The molecule has 1 saturated heterocycles. The van der Waals surface area contributed by atoms with Crippen LogP contribution in [0.2, 0.25) is 5.02 Å². The molecule has 0 radical (unpaired) electrons. The van der Waals surface area contributed by atoms with E-state index in [1.54, 1.807) is 6.20 Å². The summed E-state index contributed by atoms with van der Waals surface area (Å²) in [7, 11) is 0. The molecule has 0 aliphatic carbocycles. The van der Waals surface area contributed by atoms with Crippen molar-refractivity contribution in [3.8, 4) is 0 Å². The molecule has 1 aromatic rings.